The van der Waals surface area contributed by atoms with Crippen molar-refractivity contribution in [2.24, 2.45) is 4.99 Å². The quantitative estimate of drug-likeness (QED) is 0.525. The molecule has 1 amide bonds. The number of rotatable bonds is 6. The highest BCUT2D eigenvalue weighted by molar-refractivity contribution is 9.10. The van der Waals surface area contributed by atoms with Crippen molar-refractivity contribution < 1.29 is 9.18 Å². The molecule has 8 heteroatoms. The highest BCUT2D eigenvalue weighted by Gasteiger charge is 2.25. The van der Waals surface area contributed by atoms with Crippen LogP contribution in [0.5, 0.6) is 0 Å². The molecule has 1 aromatic rings. The molecule has 0 spiro atoms. The minimum absolute atomic E-state index is 0.122. The first kappa shape index (κ1) is 20.1. The van der Waals surface area contributed by atoms with Crippen molar-refractivity contribution in [3.63, 3.8) is 0 Å². The number of nitrogens with one attached hydrogen (secondary N) is 2. The molecular formula is C19H27BrFN5O. The molecule has 0 bridgehead atoms. The summed E-state index contributed by atoms with van der Waals surface area (Å²) in [5.74, 6) is 0.662. The van der Waals surface area contributed by atoms with Gasteiger partial charge in [-0.05, 0) is 31.9 Å². The summed E-state index contributed by atoms with van der Waals surface area (Å²) in [6, 6.07) is 5.45. The van der Waals surface area contributed by atoms with Gasteiger partial charge in [-0.15, -0.1) is 0 Å². The Morgan fingerprint density at radius 1 is 1.30 bits per heavy atom. The van der Waals surface area contributed by atoms with Crippen LogP contribution in [0.15, 0.2) is 27.7 Å². The molecule has 6 nitrogen and oxygen atoms in total. The van der Waals surface area contributed by atoms with Crippen LogP contribution in [-0.4, -0.2) is 67.0 Å². The van der Waals surface area contributed by atoms with Crippen LogP contribution in [0.1, 0.15) is 25.3 Å². The molecule has 2 fully saturated rings. The van der Waals surface area contributed by atoms with E-state index in [0.717, 1.165) is 56.0 Å². The summed E-state index contributed by atoms with van der Waals surface area (Å²) in [6.45, 7) is 6.76. The fraction of sp³-hybridized carbons (Fsp3) is 0.579. The number of amides is 1. The van der Waals surface area contributed by atoms with Gasteiger partial charge in [-0.25, -0.2) is 9.38 Å². The molecule has 0 unspecified atom stereocenters. The zero-order valence-corrected chi connectivity index (χ0v) is 17.3. The van der Waals surface area contributed by atoms with E-state index in [0.29, 0.717) is 24.7 Å². The van der Waals surface area contributed by atoms with Crippen LogP contribution in [0.25, 0.3) is 0 Å². The molecule has 1 saturated carbocycles. The van der Waals surface area contributed by atoms with Gasteiger partial charge in [-0.2, -0.15) is 0 Å². The van der Waals surface area contributed by atoms with Crippen LogP contribution in [-0.2, 0) is 11.3 Å². The maximum Gasteiger partial charge on any atom is 0.234 e. The van der Waals surface area contributed by atoms with Gasteiger partial charge in [0.05, 0.1) is 13.1 Å². The number of benzene rings is 1. The van der Waals surface area contributed by atoms with Gasteiger partial charge >= 0.3 is 0 Å². The Morgan fingerprint density at radius 3 is 2.67 bits per heavy atom. The number of guanidine groups is 1. The van der Waals surface area contributed by atoms with Crippen LogP contribution >= 0.6 is 15.9 Å². The molecule has 3 rings (SSSR count). The van der Waals surface area contributed by atoms with Gasteiger partial charge in [0, 0.05) is 48.8 Å². The van der Waals surface area contributed by atoms with E-state index in [-0.39, 0.29) is 11.7 Å². The van der Waals surface area contributed by atoms with Crippen molar-refractivity contribution >= 4 is 27.8 Å². The first-order valence-corrected chi connectivity index (χ1v) is 10.3. The topological polar surface area (TPSA) is 60.0 Å². The zero-order chi connectivity index (χ0) is 19.2. The van der Waals surface area contributed by atoms with E-state index >= 15 is 0 Å². The van der Waals surface area contributed by atoms with E-state index < -0.39 is 0 Å². The minimum Gasteiger partial charge on any atom is -0.357 e. The standard InChI is InChI=1S/C19H27BrFN5O/c1-2-22-19(23-12-14-3-4-15(20)11-17(14)21)26-9-7-25(8-10-26)13-18(27)24-16-5-6-16/h3-4,11,16H,2,5-10,12-13H2,1H3,(H,22,23)(H,24,27). The van der Waals surface area contributed by atoms with Gasteiger partial charge in [-0.3, -0.25) is 9.69 Å². The van der Waals surface area contributed by atoms with E-state index in [9.17, 15) is 9.18 Å². The van der Waals surface area contributed by atoms with Crippen LogP contribution < -0.4 is 10.6 Å². The number of nitrogens with zero attached hydrogens (tertiary/aromatic N) is 3. The second-order valence-electron chi connectivity index (χ2n) is 7.01. The maximum atomic E-state index is 14.0. The number of carbonyl (C=O) groups is 1. The average Bonchev–Trinajstić information content (AvgIpc) is 3.44. The number of aliphatic imine (C=N–C) groups is 1. The lowest BCUT2D eigenvalue weighted by molar-refractivity contribution is -0.122. The van der Waals surface area contributed by atoms with Gasteiger partial charge in [0.15, 0.2) is 5.96 Å². The highest BCUT2D eigenvalue weighted by Crippen LogP contribution is 2.18. The molecule has 2 aliphatic rings. The largest absolute Gasteiger partial charge is 0.357 e. The molecule has 0 atom stereocenters. The Labute approximate surface area is 168 Å². The van der Waals surface area contributed by atoms with Gasteiger partial charge in [-0.1, -0.05) is 22.0 Å². The molecule has 0 radical (unpaired) electrons. The zero-order valence-electron chi connectivity index (χ0n) is 15.7. The Balaban J connectivity index is 1.53. The Morgan fingerprint density at radius 2 is 2.04 bits per heavy atom. The third-order valence-electron chi connectivity index (χ3n) is 4.73. The van der Waals surface area contributed by atoms with Crippen LogP contribution in [0.4, 0.5) is 4.39 Å². The molecule has 1 aliphatic carbocycles. The highest BCUT2D eigenvalue weighted by atomic mass is 79.9. The maximum absolute atomic E-state index is 14.0. The third-order valence-corrected chi connectivity index (χ3v) is 5.22. The summed E-state index contributed by atoms with van der Waals surface area (Å²) in [7, 11) is 0. The van der Waals surface area contributed by atoms with Crippen molar-refractivity contribution in [3.05, 3.63) is 34.1 Å². The summed E-state index contributed by atoms with van der Waals surface area (Å²) in [6.07, 6.45) is 2.22. The third kappa shape index (κ3) is 6.17. The molecule has 27 heavy (non-hydrogen) atoms. The van der Waals surface area contributed by atoms with E-state index in [1.807, 2.05) is 13.0 Å². The van der Waals surface area contributed by atoms with Crippen LogP contribution in [0.3, 0.4) is 0 Å². The first-order valence-electron chi connectivity index (χ1n) is 9.54. The summed E-state index contributed by atoms with van der Waals surface area (Å²) < 4.78 is 14.7. The average molecular weight is 440 g/mol. The number of hydrogen-bond donors (Lipinski definition) is 2. The summed E-state index contributed by atoms with van der Waals surface area (Å²) in [4.78, 5) is 20.9. The van der Waals surface area contributed by atoms with E-state index in [1.54, 1.807) is 6.07 Å². The van der Waals surface area contributed by atoms with Crippen molar-refractivity contribution in [2.45, 2.75) is 32.4 Å². The Hall–Kier alpha value is -1.67. The molecule has 1 aromatic carbocycles. The van der Waals surface area contributed by atoms with Crippen LogP contribution in [0.2, 0.25) is 0 Å². The van der Waals surface area contributed by atoms with Crippen molar-refractivity contribution in [1.82, 2.24) is 20.4 Å². The lowest BCUT2D eigenvalue weighted by Crippen LogP contribution is -2.54. The lowest BCUT2D eigenvalue weighted by atomic mass is 10.2. The molecule has 2 N–H and O–H groups in total. The Bertz CT molecular complexity index is 687. The fourth-order valence-corrected chi connectivity index (χ4v) is 3.39. The number of halogens is 2. The molecule has 148 valence electrons. The molecular weight excluding hydrogens is 413 g/mol. The Kier molecular flexibility index (Phi) is 7.07. The predicted octanol–water partition coefficient (Wildman–Crippen LogP) is 1.95. The summed E-state index contributed by atoms with van der Waals surface area (Å²) >= 11 is 3.27. The SMILES string of the molecule is CCNC(=NCc1ccc(Br)cc1F)N1CCN(CC(=O)NC2CC2)CC1. The van der Waals surface area contributed by atoms with Crippen molar-refractivity contribution in [3.8, 4) is 0 Å². The summed E-state index contributed by atoms with van der Waals surface area (Å²) in [5.41, 5.74) is 0.573. The van der Waals surface area contributed by atoms with Crippen LogP contribution in [0, 0.1) is 5.82 Å². The van der Waals surface area contributed by atoms with E-state index in [4.69, 9.17) is 0 Å². The fourth-order valence-electron chi connectivity index (χ4n) is 3.06. The smallest absolute Gasteiger partial charge is 0.234 e. The van der Waals surface area contributed by atoms with Gasteiger partial charge in [0.25, 0.3) is 0 Å². The number of hydrogen-bond acceptors (Lipinski definition) is 3. The first-order chi connectivity index (χ1) is 13.0. The second-order valence-corrected chi connectivity index (χ2v) is 7.93. The summed E-state index contributed by atoms with van der Waals surface area (Å²) in [5, 5.41) is 6.32. The lowest BCUT2D eigenvalue weighted by Gasteiger charge is -2.36. The molecule has 1 aliphatic heterocycles. The number of carbonyl (C=O) groups excluding carboxylic acids is 1. The predicted molar refractivity (Wildman–Crippen MR) is 108 cm³/mol. The van der Waals surface area contributed by atoms with E-state index in [1.165, 1.54) is 6.07 Å². The molecule has 0 aromatic heterocycles. The minimum atomic E-state index is -0.254. The van der Waals surface area contributed by atoms with Gasteiger partial charge < -0.3 is 15.5 Å². The van der Waals surface area contributed by atoms with Gasteiger partial charge in [0.2, 0.25) is 5.91 Å². The molecule has 1 saturated heterocycles. The van der Waals surface area contributed by atoms with Crippen molar-refractivity contribution in [1.29, 1.82) is 0 Å². The van der Waals surface area contributed by atoms with Gasteiger partial charge in [0.1, 0.15) is 5.82 Å². The van der Waals surface area contributed by atoms with E-state index in [2.05, 4.69) is 41.4 Å². The monoisotopic (exact) mass is 439 g/mol. The molecule has 1 heterocycles. The second kappa shape index (κ2) is 9.50. The number of piperazine rings is 1. The normalized spacial score (nSPS) is 18.5. The van der Waals surface area contributed by atoms with Crippen molar-refractivity contribution in [2.75, 3.05) is 39.3 Å².